The van der Waals surface area contributed by atoms with E-state index in [1.165, 1.54) is 17.7 Å². The van der Waals surface area contributed by atoms with Crippen LogP contribution in [0, 0.1) is 5.41 Å². The Balaban J connectivity index is 1.81. The summed E-state index contributed by atoms with van der Waals surface area (Å²) in [6.45, 7) is 6.97. The molecule has 0 amide bonds. The number of nitrogens with one attached hydrogen (secondary N) is 1. The highest BCUT2D eigenvalue weighted by Gasteiger charge is 2.32. The summed E-state index contributed by atoms with van der Waals surface area (Å²) in [6, 6.07) is 6.30. The van der Waals surface area contributed by atoms with Crippen molar-refractivity contribution in [2.24, 2.45) is 5.41 Å². The van der Waals surface area contributed by atoms with Crippen molar-refractivity contribution < 1.29 is 0 Å². The molecule has 0 spiro atoms. The van der Waals surface area contributed by atoms with E-state index in [0.717, 1.165) is 37.6 Å². The Hall–Kier alpha value is -0.730. The van der Waals surface area contributed by atoms with Crippen LogP contribution in [0.15, 0.2) is 18.2 Å². The topological polar surface area (TPSA) is 15.3 Å². The molecule has 0 aromatic heterocycles. The lowest BCUT2D eigenvalue weighted by Gasteiger charge is -2.31. The summed E-state index contributed by atoms with van der Waals surface area (Å²) in [5.41, 5.74) is 3.22. The van der Waals surface area contributed by atoms with Crippen LogP contribution in [0.5, 0.6) is 0 Å². The molecule has 0 radical (unpaired) electrons. The van der Waals surface area contributed by atoms with E-state index in [1.807, 2.05) is 6.07 Å². The van der Waals surface area contributed by atoms with Crippen molar-refractivity contribution in [3.63, 3.8) is 0 Å². The van der Waals surface area contributed by atoms with Crippen molar-refractivity contribution in [2.45, 2.75) is 19.8 Å². The summed E-state index contributed by atoms with van der Waals surface area (Å²) in [6.07, 6.45) is 2.44. The molecule has 2 aliphatic rings. The maximum Gasteiger partial charge on any atom is 0.0426 e. The molecule has 92 valence electrons. The number of anilines is 1. The van der Waals surface area contributed by atoms with E-state index >= 15 is 0 Å². The molecule has 1 unspecified atom stereocenters. The normalized spacial score (nSPS) is 27.5. The lowest BCUT2D eigenvalue weighted by atomic mass is 9.89. The van der Waals surface area contributed by atoms with Gasteiger partial charge in [0.15, 0.2) is 0 Å². The lowest BCUT2D eigenvalue weighted by Crippen LogP contribution is -2.36. The first-order valence-electron chi connectivity index (χ1n) is 6.40. The molecule has 1 atom stereocenters. The first kappa shape index (κ1) is 11.4. The van der Waals surface area contributed by atoms with Gasteiger partial charge >= 0.3 is 0 Å². The van der Waals surface area contributed by atoms with E-state index < -0.39 is 0 Å². The Kier molecular flexibility index (Phi) is 2.80. The Morgan fingerprint density at radius 3 is 3.12 bits per heavy atom. The van der Waals surface area contributed by atoms with Gasteiger partial charge in [-0.3, -0.25) is 0 Å². The van der Waals surface area contributed by atoms with Crippen LogP contribution in [0.3, 0.4) is 0 Å². The first-order chi connectivity index (χ1) is 8.16. The van der Waals surface area contributed by atoms with Crippen LogP contribution in [-0.4, -0.2) is 26.2 Å². The third kappa shape index (κ3) is 2.16. The number of hydrogen-bond donors (Lipinski definition) is 1. The van der Waals surface area contributed by atoms with E-state index in [0.29, 0.717) is 5.41 Å². The summed E-state index contributed by atoms with van der Waals surface area (Å²) in [7, 11) is 0. The zero-order valence-electron chi connectivity index (χ0n) is 10.3. The molecule has 2 heterocycles. The van der Waals surface area contributed by atoms with Crippen molar-refractivity contribution in [1.29, 1.82) is 0 Å². The number of nitrogens with zero attached hydrogens (tertiary/aromatic N) is 1. The van der Waals surface area contributed by atoms with Gasteiger partial charge in [0.2, 0.25) is 0 Å². The second-order valence-corrected chi connectivity index (χ2v) is 6.12. The molecule has 1 saturated heterocycles. The average Bonchev–Trinajstić information content (AvgIpc) is 2.87. The van der Waals surface area contributed by atoms with Crippen LogP contribution < -0.4 is 10.2 Å². The fourth-order valence-electron chi connectivity index (χ4n) is 3.05. The Bertz CT molecular complexity index is 424. The second-order valence-electron chi connectivity index (χ2n) is 5.68. The van der Waals surface area contributed by atoms with Crippen LogP contribution in [-0.2, 0) is 6.42 Å². The number of fused-ring (bicyclic) bond motifs is 1. The minimum atomic E-state index is 0.421. The van der Waals surface area contributed by atoms with E-state index in [1.54, 1.807) is 0 Å². The van der Waals surface area contributed by atoms with Crippen molar-refractivity contribution in [2.75, 3.05) is 31.1 Å². The predicted molar refractivity (Wildman–Crippen MR) is 73.0 cm³/mol. The van der Waals surface area contributed by atoms with Crippen LogP contribution in [0.2, 0.25) is 5.02 Å². The van der Waals surface area contributed by atoms with Crippen molar-refractivity contribution in [3.8, 4) is 0 Å². The largest absolute Gasteiger partial charge is 0.370 e. The minimum Gasteiger partial charge on any atom is -0.370 e. The fraction of sp³-hybridized carbons (Fsp3) is 0.571. The van der Waals surface area contributed by atoms with Crippen LogP contribution in [0.4, 0.5) is 5.69 Å². The molecular formula is C14H19ClN2. The quantitative estimate of drug-likeness (QED) is 0.868. The Morgan fingerprint density at radius 1 is 1.47 bits per heavy atom. The number of benzene rings is 1. The maximum atomic E-state index is 6.10. The van der Waals surface area contributed by atoms with E-state index in [4.69, 9.17) is 11.6 Å². The van der Waals surface area contributed by atoms with Gasteiger partial charge in [-0.2, -0.15) is 0 Å². The molecule has 3 heteroatoms. The molecule has 0 aliphatic carbocycles. The van der Waals surface area contributed by atoms with Gasteiger partial charge in [0.05, 0.1) is 0 Å². The molecule has 0 saturated carbocycles. The van der Waals surface area contributed by atoms with Crippen molar-refractivity contribution in [1.82, 2.24) is 5.32 Å². The van der Waals surface area contributed by atoms with Gasteiger partial charge < -0.3 is 10.2 Å². The lowest BCUT2D eigenvalue weighted by molar-refractivity contribution is 0.367. The summed E-state index contributed by atoms with van der Waals surface area (Å²) < 4.78 is 0. The minimum absolute atomic E-state index is 0.421. The molecule has 2 nitrogen and oxygen atoms in total. The van der Waals surface area contributed by atoms with E-state index in [9.17, 15) is 0 Å². The molecule has 2 aliphatic heterocycles. The Labute approximate surface area is 108 Å². The molecular weight excluding hydrogens is 232 g/mol. The molecule has 1 aromatic rings. The number of rotatable bonds is 2. The van der Waals surface area contributed by atoms with Gasteiger partial charge in [-0.25, -0.2) is 0 Å². The Morgan fingerprint density at radius 2 is 2.35 bits per heavy atom. The zero-order valence-corrected chi connectivity index (χ0v) is 11.1. The smallest absolute Gasteiger partial charge is 0.0426 e. The third-order valence-corrected chi connectivity index (χ3v) is 4.30. The molecule has 17 heavy (non-hydrogen) atoms. The zero-order chi connectivity index (χ0) is 11.9. The third-order valence-electron chi connectivity index (χ3n) is 4.07. The summed E-state index contributed by atoms with van der Waals surface area (Å²) >= 11 is 6.10. The van der Waals surface area contributed by atoms with Gasteiger partial charge in [-0.1, -0.05) is 24.6 Å². The summed E-state index contributed by atoms with van der Waals surface area (Å²) in [4.78, 5) is 2.51. The highest BCUT2D eigenvalue weighted by molar-refractivity contribution is 6.30. The summed E-state index contributed by atoms with van der Waals surface area (Å²) in [5.74, 6) is 0. The van der Waals surface area contributed by atoms with Gasteiger partial charge in [-0.15, -0.1) is 0 Å². The van der Waals surface area contributed by atoms with Crippen molar-refractivity contribution in [3.05, 3.63) is 28.8 Å². The SMILES string of the molecule is CC1(CN2CCc3ccc(Cl)cc32)CCNC1. The molecule has 1 aromatic carbocycles. The standard InChI is InChI=1S/C14H19ClN2/c1-14(5-6-16-9-14)10-17-7-4-11-2-3-12(15)8-13(11)17/h2-3,8,16H,4-7,9-10H2,1H3. The first-order valence-corrected chi connectivity index (χ1v) is 6.78. The fourth-order valence-corrected chi connectivity index (χ4v) is 3.21. The van der Waals surface area contributed by atoms with E-state index in [-0.39, 0.29) is 0 Å². The molecule has 0 bridgehead atoms. The molecule has 3 rings (SSSR count). The van der Waals surface area contributed by atoms with Crippen molar-refractivity contribution >= 4 is 17.3 Å². The molecule has 1 fully saturated rings. The van der Waals surface area contributed by atoms with Crippen LogP contribution >= 0.6 is 11.6 Å². The monoisotopic (exact) mass is 250 g/mol. The van der Waals surface area contributed by atoms with E-state index in [2.05, 4.69) is 29.3 Å². The van der Waals surface area contributed by atoms with Gasteiger partial charge in [0, 0.05) is 30.3 Å². The highest BCUT2D eigenvalue weighted by atomic mass is 35.5. The van der Waals surface area contributed by atoms with Gasteiger partial charge in [0.25, 0.3) is 0 Å². The van der Waals surface area contributed by atoms with Crippen LogP contribution in [0.1, 0.15) is 18.9 Å². The highest BCUT2D eigenvalue weighted by Crippen LogP contribution is 2.35. The average molecular weight is 251 g/mol. The number of halogens is 1. The predicted octanol–water partition coefficient (Wildman–Crippen LogP) is 2.70. The van der Waals surface area contributed by atoms with Crippen LogP contribution in [0.25, 0.3) is 0 Å². The maximum absolute atomic E-state index is 6.10. The summed E-state index contributed by atoms with van der Waals surface area (Å²) in [5, 5.41) is 4.32. The second kappa shape index (κ2) is 4.18. The van der Waals surface area contributed by atoms with Gasteiger partial charge in [-0.05, 0) is 42.5 Å². The number of hydrogen-bond acceptors (Lipinski definition) is 2. The van der Waals surface area contributed by atoms with Gasteiger partial charge in [0.1, 0.15) is 0 Å². The molecule has 1 N–H and O–H groups in total.